The maximum Gasteiger partial charge on any atom is 0.309 e. The number of likely N-dealkylation sites (tertiary alicyclic amines) is 1. The number of benzene rings is 1. The number of carboxylic acids is 1. The van der Waals surface area contributed by atoms with Crippen molar-refractivity contribution in [2.75, 3.05) is 13.1 Å². The molecule has 1 aromatic heterocycles. The van der Waals surface area contributed by atoms with Crippen molar-refractivity contribution >= 4 is 11.9 Å². The Bertz CT molecular complexity index is 967. The Morgan fingerprint density at radius 1 is 1.10 bits per heavy atom. The summed E-state index contributed by atoms with van der Waals surface area (Å²) in [5.41, 5.74) is -0.887. The first kappa shape index (κ1) is 21.4. The number of hydrogen-bond donors (Lipinski definition) is 2. The van der Waals surface area contributed by atoms with Gasteiger partial charge in [-0.15, -0.1) is 0 Å². The molecule has 0 spiro atoms. The summed E-state index contributed by atoms with van der Waals surface area (Å²) in [6.07, 6.45) is 4.86. The lowest BCUT2D eigenvalue weighted by Gasteiger charge is -2.39. The summed E-state index contributed by atoms with van der Waals surface area (Å²) < 4.78 is 45.9. The molecule has 10 heteroatoms. The maximum absolute atomic E-state index is 13.9. The molecule has 4 rings (SSSR count). The van der Waals surface area contributed by atoms with Gasteiger partial charge in [0.1, 0.15) is 17.5 Å². The van der Waals surface area contributed by atoms with Gasteiger partial charge >= 0.3 is 5.97 Å². The third-order valence-electron chi connectivity index (χ3n) is 6.12. The highest BCUT2D eigenvalue weighted by Gasteiger charge is 2.38. The molecular formula is C21H22F3N3O4. The fourth-order valence-electron chi connectivity index (χ4n) is 4.52. The zero-order chi connectivity index (χ0) is 22.1. The molecule has 2 aliphatic rings. The fourth-order valence-corrected chi connectivity index (χ4v) is 4.52. The molecule has 1 aliphatic carbocycles. The Morgan fingerprint density at radius 2 is 1.77 bits per heavy atom. The first-order valence-corrected chi connectivity index (χ1v) is 10.2. The summed E-state index contributed by atoms with van der Waals surface area (Å²) in [6, 6.07) is 1.81. The molecule has 2 fully saturated rings. The van der Waals surface area contributed by atoms with Crippen LogP contribution in [0.3, 0.4) is 0 Å². The lowest BCUT2D eigenvalue weighted by atomic mass is 9.90. The van der Waals surface area contributed by atoms with E-state index in [2.05, 4.69) is 15.4 Å². The summed E-state index contributed by atoms with van der Waals surface area (Å²) >= 11 is 0. The summed E-state index contributed by atoms with van der Waals surface area (Å²) in [5.74, 6) is -6.31. The molecule has 2 aromatic rings. The standard InChI is InChI=1S/C21H22F3N3O4/c22-11-7-14(23)19(15(24)8-11)18-9-17(26-31-18)20(28)25-16-5-6-27(10-13(16)21(29)30)12-3-1-2-4-12/h7-9,12-13,16H,1-6,10H2,(H,25,28)(H,29,30). The van der Waals surface area contributed by atoms with E-state index in [1.807, 2.05) is 0 Å². The molecule has 2 heterocycles. The predicted molar refractivity (Wildman–Crippen MR) is 103 cm³/mol. The Kier molecular flexibility index (Phi) is 5.99. The van der Waals surface area contributed by atoms with Gasteiger partial charge in [0.15, 0.2) is 11.5 Å². The van der Waals surface area contributed by atoms with Crippen molar-refractivity contribution in [1.82, 2.24) is 15.4 Å². The molecule has 0 radical (unpaired) electrons. The smallest absolute Gasteiger partial charge is 0.309 e. The molecule has 2 unspecified atom stereocenters. The minimum atomic E-state index is -1.19. The number of hydrogen-bond acceptors (Lipinski definition) is 5. The van der Waals surface area contributed by atoms with Gasteiger partial charge in [-0.3, -0.25) is 14.5 Å². The van der Waals surface area contributed by atoms with E-state index in [1.165, 1.54) is 0 Å². The Morgan fingerprint density at radius 3 is 2.42 bits per heavy atom. The van der Waals surface area contributed by atoms with Gasteiger partial charge in [0, 0.05) is 43.4 Å². The van der Waals surface area contributed by atoms with Gasteiger partial charge in [0.25, 0.3) is 5.91 Å². The second-order valence-electron chi connectivity index (χ2n) is 8.07. The molecule has 1 amide bonds. The van der Waals surface area contributed by atoms with Crippen LogP contribution in [-0.4, -0.2) is 52.2 Å². The summed E-state index contributed by atoms with van der Waals surface area (Å²) in [5, 5.41) is 15.9. The third-order valence-corrected chi connectivity index (χ3v) is 6.12. The highest BCUT2D eigenvalue weighted by atomic mass is 19.1. The minimum absolute atomic E-state index is 0.250. The normalized spacial score (nSPS) is 22.5. The van der Waals surface area contributed by atoms with E-state index < -0.39 is 46.9 Å². The molecule has 31 heavy (non-hydrogen) atoms. The Hall–Kier alpha value is -2.88. The predicted octanol–water partition coefficient (Wildman–Crippen LogP) is 3.21. The van der Waals surface area contributed by atoms with Crippen molar-refractivity contribution in [3.05, 3.63) is 41.3 Å². The van der Waals surface area contributed by atoms with Crippen molar-refractivity contribution in [3.63, 3.8) is 0 Å². The third kappa shape index (κ3) is 4.43. The monoisotopic (exact) mass is 437 g/mol. The number of nitrogens with one attached hydrogen (secondary N) is 1. The van der Waals surface area contributed by atoms with Crippen molar-refractivity contribution in [3.8, 4) is 11.3 Å². The van der Waals surface area contributed by atoms with Crippen LogP contribution in [0.5, 0.6) is 0 Å². The molecule has 2 atom stereocenters. The quantitative estimate of drug-likeness (QED) is 0.746. The summed E-state index contributed by atoms with van der Waals surface area (Å²) in [4.78, 5) is 26.6. The summed E-state index contributed by atoms with van der Waals surface area (Å²) in [6.45, 7) is 1.02. The molecule has 166 valence electrons. The number of nitrogens with zero attached hydrogens (tertiary/aromatic N) is 2. The number of amides is 1. The van der Waals surface area contributed by atoms with E-state index in [4.69, 9.17) is 4.52 Å². The molecular weight excluding hydrogens is 415 g/mol. The van der Waals surface area contributed by atoms with Crippen LogP contribution in [0.1, 0.15) is 42.6 Å². The number of rotatable bonds is 5. The fraction of sp³-hybridized carbons (Fsp3) is 0.476. The first-order chi connectivity index (χ1) is 14.8. The SMILES string of the molecule is O=C(NC1CCN(C2CCCC2)CC1C(=O)O)c1cc(-c2c(F)cc(F)cc2F)on1. The van der Waals surface area contributed by atoms with Crippen LogP contribution >= 0.6 is 0 Å². The second-order valence-corrected chi connectivity index (χ2v) is 8.07. The van der Waals surface area contributed by atoms with Crippen LogP contribution in [0.2, 0.25) is 0 Å². The molecule has 1 saturated heterocycles. The zero-order valence-electron chi connectivity index (χ0n) is 16.6. The van der Waals surface area contributed by atoms with E-state index in [0.717, 1.165) is 31.7 Å². The lowest BCUT2D eigenvalue weighted by molar-refractivity contribution is -0.145. The Balaban J connectivity index is 1.46. The average molecular weight is 437 g/mol. The first-order valence-electron chi connectivity index (χ1n) is 10.2. The van der Waals surface area contributed by atoms with Crippen LogP contribution in [0.25, 0.3) is 11.3 Å². The van der Waals surface area contributed by atoms with Gasteiger partial charge in [-0.2, -0.15) is 0 Å². The molecule has 1 saturated carbocycles. The van der Waals surface area contributed by atoms with Crippen molar-refractivity contribution < 1.29 is 32.4 Å². The number of aromatic nitrogens is 1. The van der Waals surface area contributed by atoms with Gasteiger partial charge in [0.2, 0.25) is 0 Å². The molecule has 2 N–H and O–H groups in total. The van der Waals surface area contributed by atoms with Crippen LogP contribution in [0, 0.1) is 23.4 Å². The van der Waals surface area contributed by atoms with Crippen molar-refractivity contribution in [2.24, 2.45) is 5.92 Å². The maximum atomic E-state index is 13.9. The van der Waals surface area contributed by atoms with Gasteiger partial charge in [0.05, 0.1) is 11.5 Å². The van der Waals surface area contributed by atoms with E-state index in [1.54, 1.807) is 0 Å². The zero-order valence-corrected chi connectivity index (χ0v) is 16.6. The Labute approximate surface area is 176 Å². The van der Waals surface area contributed by atoms with Crippen LogP contribution in [-0.2, 0) is 4.79 Å². The molecule has 7 nitrogen and oxygen atoms in total. The number of carbonyl (C=O) groups excluding carboxylic acids is 1. The minimum Gasteiger partial charge on any atom is -0.481 e. The van der Waals surface area contributed by atoms with Crippen LogP contribution in [0.4, 0.5) is 13.2 Å². The number of aliphatic carboxylic acids is 1. The highest BCUT2D eigenvalue weighted by molar-refractivity contribution is 5.93. The second kappa shape index (κ2) is 8.70. The number of halogens is 3. The van der Waals surface area contributed by atoms with Gasteiger partial charge in [-0.25, -0.2) is 13.2 Å². The topological polar surface area (TPSA) is 95.7 Å². The van der Waals surface area contributed by atoms with Crippen LogP contribution < -0.4 is 5.32 Å². The molecule has 0 bridgehead atoms. The van der Waals surface area contributed by atoms with E-state index in [9.17, 15) is 27.9 Å². The van der Waals surface area contributed by atoms with Crippen molar-refractivity contribution in [1.29, 1.82) is 0 Å². The van der Waals surface area contributed by atoms with Crippen molar-refractivity contribution in [2.45, 2.75) is 44.2 Å². The number of piperidine rings is 1. The van der Waals surface area contributed by atoms with Gasteiger partial charge in [-0.1, -0.05) is 18.0 Å². The lowest BCUT2D eigenvalue weighted by Crippen LogP contribution is -2.55. The largest absolute Gasteiger partial charge is 0.481 e. The molecule has 1 aromatic carbocycles. The van der Waals surface area contributed by atoms with Crippen LogP contribution in [0.15, 0.2) is 22.7 Å². The summed E-state index contributed by atoms with van der Waals surface area (Å²) in [7, 11) is 0. The average Bonchev–Trinajstić information content (AvgIpc) is 3.40. The van der Waals surface area contributed by atoms with Gasteiger partial charge < -0.3 is 14.9 Å². The van der Waals surface area contributed by atoms with Gasteiger partial charge in [-0.05, 0) is 19.3 Å². The number of carboxylic acid groups (broad SMARTS) is 1. The highest BCUT2D eigenvalue weighted by Crippen LogP contribution is 2.30. The van der Waals surface area contributed by atoms with E-state index in [-0.39, 0.29) is 11.5 Å². The van der Waals surface area contributed by atoms with E-state index in [0.29, 0.717) is 37.7 Å². The van der Waals surface area contributed by atoms with E-state index >= 15 is 0 Å². The molecule has 1 aliphatic heterocycles. The number of carbonyl (C=O) groups is 2.